The van der Waals surface area contributed by atoms with E-state index >= 15 is 0 Å². The molecule has 0 heterocycles. The van der Waals surface area contributed by atoms with Crippen LogP contribution in [-0.4, -0.2) is 43.0 Å². The number of ketones is 1. The van der Waals surface area contributed by atoms with E-state index in [-0.39, 0.29) is 23.3 Å². The lowest BCUT2D eigenvalue weighted by Gasteiger charge is -2.58. The Kier molecular flexibility index (Phi) is 5.71. The number of oxime groups is 1. The fourth-order valence-corrected chi connectivity index (χ4v) is 7.72. The molecule has 0 aromatic rings. The van der Waals surface area contributed by atoms with Crippen molar-refractivity contribution in [1.82, 2.24) is 4.90 Å². The van der Waals surface area contributed by atoms with Gasteiger partial charge in [0.05, 0.1) is 12.3 Å². The molecule has 5 nitrogen and oxygen atoms in total. The van der Waals surface area contributed by atoms with Crippen LogP contribution in [0, 0.1) is 34.5 Å². The van der Waals surface area contributed by atoms with E-state index in [9.17, 15) is 9.59 Å². The molecule has 0 aromatic heterocycles. The van der Waals surface area contributed by atoms with Crippen LogP contribution in [0.15, 0.2) is 16.8 Å². The number of likely N-dealkylation sites (N-methyl/N-ethyl adjacent to an activating group) is 1. The molecule has 0 saturated heterocycles. The number of carbonyl (C=O) groups is 2. The van der Waals surface area contributed by atoms with E-state index in [1.807, 2.05) is 27.1 Å². The fourth-order valence-electron chi connectivity index (χ4n) is 7.72. The summed E-state index contributed by atoms with van der Waals surface area (Å²) in [6.07, 6.45) is 10.9. The first kappa shape index (κ1) is 21.7. The van der Waals surface area contributed by atoms with Crippen molar-refractivity contribution in [3.8, 4) is 0 Å². The van der Waals surface area contributed by atoms with Gasteiger partial charge >= 0.3 is 5.97 Å². The molecule has 166 valence electrons. The normalized spacial score (nSPS) is 41.1. The number of rotatable bonds is 4. The summed E-state index contributed by atoms with van der Waals surface area (Å²) in [7, 11) is 3.71. The molecule has 0 spiro atoms. The molecule has 3 fully saturated rings. The summed E-state index contributed by atoms with van der Waals surface area (Å²) in [5.74, 6) is 2.59. The molecule has 6 unspecified atom stereocenters. The molecule has 4 aliphatic rings. The van der Waals surface area contributed by atoms with Gasteiger partial charge in [-0.25, -0.2) is 4.79 Å². The van der Waals surface area contributed by atoms with E-state index in [1.165, 1.54) is 31.3 Å². The minimum atomic E-state index is -0.297. The van der Waals surface area contributed by atoms with E-state index in [0.29, 0.717) is 23.5 Å². The topological polar surface area (TPSA) is 59.0 Å². The van der Waals surface area contributed by atoms with E-state index in [4.69, 9.17) is 4.84 Å². The number of nitrogens with zero attached hydrogens (tertiary/aromatic N) is 2. The van der Waals surface area contributed by atoms with Crippen LogP contribution in [0.25, 0.3) is 0 Å². The zero-order valence-electron chi connectivity index (χ0n) is 19.4. The van der Waals surface area contributed by atoms with Gasteiger partial charge in [-0.2, -0.15) is 0 Å². The molecular formula is C25H38N2O3. The van der Waals surface area contributed by atoms with Gasteiger partial charge in [-0.05, 0) is 101 Å². The zero-order chi connectivity index (χ0) is 21.7. The van der Waals surface area contributed by atoms with Crippen LogP contribution in [0.4, 0.5) is 0 Å². The molecule has 6 atom stereocenters. The molecule has 0 aliphatic heterocycles. The Hall–Kier alpha value is -1.49. The summed E-state index contributed by atoms with van der Waals surface area (Å²) in [4.78, 5) is 30.9. The maximum Gasteiger partial charge on any atom is 0.348 e. The van der Waals surface area contributed by atoms with Crippen LogP contribution >= 0.6 is 0 Å². The van der Waals surface area contributed by atoms with Crippen molar-refractivity contribution in [2.45, 2.75) is 72.1 Å². The van der Waals surface area contributed by atoms with Crippen molar-refractivity contribution in [1.29, 1.82) is 0 Å². The summed E-state index contributed by atoms with van der Waals surface area (Å²) in [6.45, 7) is 7.20. The molecule has 5 heteroatoms. The molecule has 4 aliphatic carbocycles. The van der Waals surface area contributed by atoms with Crippen LogP contribution in [0.3, 0.4) is 0 Å². The van der Waals surface area contributed by atoms with Gasteiger partial charge in [0.15, 0.2) is 5.78 Å². The highest BCUT2D eigenvalue weighted by molar-refractivity contribution is 5.91. The largest absolute Gasteiger partial charge is 0.348 e. The molecule has 0 aromatic carbocycles. The molecule has 3 saturated carbocycles. The number of carbonyl (C=O) groups excluding carboxylic acids is 2. The second-order valence-electron chi connectivity index (χ2n) is 11.1. The highest BCUT2D eigenvalue weighted by Gasteiger charge is 2.59. The predicted octanol–water partition coefficient (Wildman–Crippen LogP) is 4.62. The third-order valence-electron chi connectivity index (χ3n) is 9.20. The molecule has 4 rings (SSSR count). The Labute approximate surface area is 181 Å². The Morgan fingerprint density at radius 2 is 1.90 bits per heavy atom. The number of hydrogen-bond donors (Lipinski definition) is 0. The Morgan fingerprint density at radius 3 is 2.63 bits per heavy atom. The molecule has 0 radical (unpaired) electrons. The van der Waals surface area contributed by atoms with Gasteiger partial charge in [0.25, 0.3) is 0 Å². The van der Waals surface area contributed by atoms with Crippen LogP contribution in [0.2, 0.25) is 0 Å². The van der Waals surface area contributed by atoms with Crippen LogP contribution < -0.4 is 0 Å². The number of hydrogen-bond acceptors (Lipinski definition) is 5. The monoisotopic (exact) mass is 414 g/mol. The summed E-state index contributed by atoms with van der Waals surface area (Å²) >= 11 is 0. The minimum absolute atomic E-state index is 0.223. The summed E-state index contributed by atoms with van der Waals surface area (Å²) < 4.78 is 0. The third kappa shape index (κ3) is 3.57. The van der Waals surface area contributed by atoms with Crippen molar-refractivity contribution in [2.24, 2.45) is 39.7 Å². The van der Waals surface area contributed by atoms with Crippen molar-refractivity contribution >= 4 is 17.5 Å². The SMILES string of the molecule is C/C(=N/OC(=O)CN(C)C)C1CCC2C3CCC4=CC(=O)CCC4(C)C3CCC12C. The van der Waals surface area contributed by atoms with Crippen LogP contribution in [0.1, 0.15) is 72.1 Å². The van der Waals surface area contributed by atoms with Gasteiger partial charge < -0.3 is 4.84 Å². The second-order valence-corrected chi connectivity index (χ2v) is 11.1. The second kappa shape index (κ2) is 7.89. The lowest BCUT2D eigenvalue weighted by atomic mass is 9.46. The predicted molar refractivity (Wildman–Crippen MR) is 118 cm³/mol. The summed E-state index contributed by atoms with van der Waals surface area (Å²) in [5, 5.41) is 4.28. The first-order chi connectivity index (χ1) is 14.1. The quantitative estimate of drug-likeness (QED) is 0.383. The maximum atomic E-state index is 12.0. The minimum Gasteiger partial charge on any atom is -0.317 e. The zero-order valence-corrected chi connectivity index (χ0v) is 19.4. The Balaban J connectivity index is 1.51. The van der Waals surface area contributed by atoms with E-state index in [1.54, 1.807) is 4.90 Å². The van der Waals surface area contributed by atoms with Crippen LogP contribution in [0.5, 0.6) is 0 Å². The van der Waals surface area contributed by atoms with Gasteiger partial charge in [-0.15, -0.1) is 0 Å². The van der Waals surface area contributed by atoms with Crippen LogP contribution in [-0.2, 0) is 14.4 Å². The van der Waals surface area contributed by atoms with Gasteiger partial charge in [0.2, 0.25) is 0 Å². The van der Waals surface area contributed by atoms with E-state index in [2.05, 4.69) is 19.0 Å². The van der Waals surface area contributed by atoms with E-state index < -0.39 is 0 Å². The lowest BCUT2D eigenvalue weighted by molar-refractivity contribution is -0.144. The Morgan fingerprint density at radius 1 is 1.13 bits per heavy atom. The fraction of sp³-hybridized carbons (Fsp3) is 0.800. The van der Waals surface area contributed by atoms with E-state index in [0.717, 1.165) is 37.3 Å². The average molecular weight is 415 g/mol. The first-order valence-electron chi connectivity index (χ1n) is 11.8. The summed E-state index contributed by atoms with van der Waals surface area (Å²) in [5.41, 5.74) is 2.88. The van der Waals surface area contributed by atoms with Gasteiger partial charge in [-0.1, -0.05) is 24.6 Å². The van der Waals surface area contributed by atoms with Gasteiger partial charge in [0.1, 0.15) is 0 Å². The first-order valence-corrected chi connectivity index (χ1v) is 11.8. The maximum absolute atomic E-state index is 12.0. The third-order valence-corrected chi connectivity index (χ3v) is 9.20. The lowest BCUT2D eigenvalue weighted by Crippen LogP contribution is -2.51. The molecule has 30 heavy (non-hydrogen) atoms. The Bertz CT molecular complexity index is 785. The summed E-state index contributed by atoms with van der Waals surface area (Å²) in [6, 6.07) is 0. The van der Waals surface area contributed by atoms with Crippen molar-refractivity contribution < 1.29 is 14.4 Å². The smallest absolute Gasteiger partial charge is 0.317 e. The van der Waals surface area contributed by atoms with Gasteiger partial charge in [0, 0.05) is 12.3 Å². The van der Waals surface area contributed by atoms with Crippen molar-refractivity contribution in [3.05, 3.63) is 11.6 Å². The number of fused-ring (bicyclic) bond motifs is 5. The van der Waals surface area contributed by atoms with Crippen molar-refractivity contribution in [2.75, 3.05) is 20.6 Å². The van der Waals surface area contributed by atoms with Crippen molar-refractivity contribution in [3.63, 3.8) is 0 Å². The molecular weight excluding hydrogens is 376 g/mol. The molecule has 0 N–H and O–H groups in total. The highest BCUT2D eigenvalue weighted by atomic mass is 16.7. The standard InChI is InChI=1S/C25H38N2O3/c1-16(26-30-23(29)15-27(4)5)20-8-9-21-19-7-6-17-14-18(28)10-12-24(17,2)22(19)11-13-25(20,21)3/h14,19-22H,6-13,15H2,1-5H3/b26-16-. The molecule has 0 bridgehead atoms. The average Bonchev–Trinajstić information content (AvgIpc) is 3.03. The molecule has 0 amide bonds. The van der Waals surface area contributed by atoms with Gasteiger partial charge in [-0.3, -0.25) is 9.69 Å². The highest BCUT2D eigenvalue weighted by Crippen LogP contribution is 2.66. The number of allylic oxidation sites excluding steroid dienone is 1.